The van der Waals surface area contributed by atoms with E-state index in [0.717, 1.165) is 12.3 Å². The Bertz CT molecular complexity index is 640. The molecule has 3 rings (SSSR count). The Morgan fingerprint density at radius 1 is 0.690 bits per heavy atom. The highest BCUT2D eigenvalue weighted by molar-refractivity contribution is 6.21. The summed E-state index contributed by atoms with van der Waals surface area (Å²) in [6.07, 6.45) is 1.14. The molecular weight excluding hydrogens is 358 g/mol. The van der Waals surface area contributed by atoms with Gasteiger partial charge in [0.2, 0.25) is 0 Å². The molecule has 162 valence electrons. The predicted molar refractivity (Wildman–Crippen MR) is 127 cm³/mol. The van der Waals surface area contributed by atoms with Crippen molar-refractivity contribution >= 4 is 11.8 Å². The van der Waals surface area contributed by atoms with Crippen LogP contribution < -0.4 is 0 Å². The van der Waals surface area contributed by atoms with E-state index < -0.39 is 0 Å². The molecule has 29 heavy (non-hydrogen) atoms. The van der Waals surface area contributed by atoms with Crippen molar-refractivity contribution in [3.63, 3.8) is 0 Å². The molecule has 0 aliphatic carbocycles. The standard InChI is InChI=1S/C10H9NO2.C8H10.C4H10.2C2H6/c1-2-11-9(12)7-5-3-4-6-8(7)10(11)13;1-2-8-6-4-3-5-7-8;1-4(2)3;2*1-2/h3-6H,2H2,1H3;3-7H,2H2,1H3;4H,1-3H3;2*1-2H3. The van der Waals surface area contributed by atoms with E-state index in [0.29, 0.717) is 17.7 Å². The van der Waals surface area contributed by atoms with Gasteiger partial charge in [0.05, 0.1) is 11.1 Å². The predicted octanol–water partition coefficient (Wildman–Crippen LogP) is 7.27. The number of aryl methyl sites for hydroxylation is 1. The summed E-state index contributed by atoms with van der Waals surface area (Å²) in [7, 11) is 0. The van der Waals surface area contributed by atoms with Gasteiger partial charge in [-0.05, 0) is 37.0 Å². The molecule has 0 unspecified atom stereocenters. The zero-order valence-electron chi connectivity index (χ0n) is 20.0. The lowest BCUT2D eigenvalue weighted by Crippen LogP contribution is -2.29. The molecule has 0 fully saturated rings. The molecule has 1 heterocycles. The van der Waals surface area contributed by atoms with Crippen molar-refractivity contribution in [1.82, 2.24) is 4.90 Å². The van der Waals surface area contributed by atoms with Crippen LogP contribution in [-0.4, -0.2) is 23.3 Å². The number of imide groups is 1. The van der Waals surface area contributed by atoms with Crippen LogP contribution >= 0.6 is 0 Å². The molecule has 0 bridgehead atoms. The highest BCUT2D eigenvalue weighted by Gasteiger charge is 2.33. The van der Waals surface area contributed by atoms with Crippen LogP contribution in [0.1, 0.15) is 88.6 Å². The Balaban J connectivity index is 0. The maximum atomic E-state index is 11.5. The van der Waals surface area contributed by atoms with Crippen LogP contribution in [-0.2, 0) is 6.42 Å². The van der Waals surface area contributed by atoms with Gasteiger partial charge in [-0.15, -0.1) is 0 Å². The summed E-state index contributed by atoms with van der Waals surface area (Å²) in [5, 5.41) is 0. The molecule has 0 saturated heterocycles. The van der Waals surface area contributed by atoms with Crippen molar-refractivity contribution in [2.75, 3.05) is 6.54 Å². The van der Waals surface area contributed by atoms with Crippen molar-refractivity contribution in [3.8, 4) is 0 Å². The first-order chi connectivity index (χ1) is 13.9. The first-order valence-corrected chi connectivity index (χ1v) is 10.9. The summed E-state index contributed by atoms with van der Waals surface area (Å²) >= 11 is 0. The van der Waals surface area contributed by atoms with Gasteiger partial charge in [0, 0.05) is 6.54 Å². The molecule has 0 N–H and O–H groups in total. The quantitative estimate of drug-likeness (QED) is 0.498. The third-order valence-corrected chi connectivity index (χ3v) is 3.45. The second-order valence-corrected chi connectivity index (χ2v) is 6.47. The van der Waals surface area contributed by atoms with Crippen LogP contribution in [0, 0.1) is 5.92 Å². The Labute approximate surface area is 179 Å². The van der Waals surface area contributed by atoms with Crippen LogP contribution in [0.3, 0.4) is 0 Å². The minimum atomic E-state index is -0.178. The molecule has 1 aliphatic rings. The third-order valence-electron chi connectivity index (χ3n) is 3.45. The summed E-state index contributed by atoms with van der Waals surface area (Å²) < 4.78 is 0. The van der Waals surface area contributed by atoms with E-state index in [9.17, 15) is 9.59 Å². The molecule has 2 aromatic rings. The molecule has 3 nitrogen and oxygen atoms in total. The van der Waals surface area contributed by atoms with E-state index in [2.05, 4.69) is 52.0 Å². The molecule has 0 saturated carbocycles. The number of hydrogen-bond donors (Lipinski definition) is 0. The molecule has 0 atom stereocenters. The van der Waals surface area contributed by atoms with Crippen LogP contribution in [0.4, 0.5) is 0 Å². The molecule has 0 aromatic heterocycles. The largest absolute Gasteiger partial charge is 0.275 e. The summed E-state index contributed by atoms with van der Waals surface area (Å²) in [4.78, 5) is 24.3. The summed E-state index contributed by atoms with van der Waals surface area (Å²) in [5.41, 5.74) is 2.45. The second-order valence-electron chi connectivity index (χ2n) is 6.47. The van der Waals surface area contributed by atoms with E-state index in [-0.39, 0.29) is 11.8 Å². The lowest BCUT2D eigenvalue weighted by atomic mass is 10.1. The molecule has 0 spiro atoms. The SMILES string of the molecule is CC.CC.CC(C)C.CCN1C(=O)c2ccccc2C1=O.CCc1ccccc1. The Kier molecular flexibility index (Phi) is 17.5. The Hall–Kier alpha value is -2.42. The van der Waals surface area contributed by atoms with Gasteiger partial charge in [0.25, 0.3) is 11.8 Å². The van der Waals surface area contributed by atoms with Crippen molar-refractivity contribution < 1.29 is 9.59 Å². The van der Waals surface area contributed by atoms with E-state index in [1.54, 1.807) is 31.2 Å². The number of carbonyl (C=O) groups excluding carboxylic acids is 2. The number of rotatable bonds is 2. The first kappa shape index (κ1) is 28.8. The van der Waals surface area contributed by atoms with Crippen molar-refractivity contribution in [2.45, 2.75) is 68.7 Å². The van der Waals surface area contributed by atoms with E-state index in [1.807, 2.05) is 33.8 Å². The van der Waals surface area contributed by atoms with Crippen LogP contribution in [0.25, 0.3) is 0 Å². The number of hydrogen-bond acceptors (Lipinski definition) is 2. The summed E-state index contributed by atoms with van der Waals surface area (Å²) in [5.74, 6) is 0.478. The van der Waals surface area contributed by atoms with Gasteiger partial charge in [0.15, 0.2) is 0 Å². The van der Waals surface area contributed by atoms with Crippen molar-refractivity contribution in [1.29, 1.82) is 0 Å². The minimum Gasteiger partial charge on any atom is -0.275 e. The second kappa shape index (κ2) is 17.7. The monoisotopic (exact) mass is 399 g/mol. The molecule has 0 radical (unpaired) electrons. The summed E-state index contributed by atoms with van der Waals surface area (Å²) in [6, 6.07) is 17.4. The molecule has 1 aliphatic heterocycles. The molecule has 3 heteroatoms. The Morgan fingerprint density at radius 3 is 1.31 bits per heavy atom. The average Bonchev–Trinajstić information content (AvgIpc) is 3.01. The summed E-state index contributed by atoms with van der Waals surface area (Å²) in [6.45, 7) is 18.9. The lowest BCUT2D eigenvalue weighted by molar-refractivity contribution is 0.0663. The Morgan fingerprint density at radius 2 is 1.03 bits per heavy atom. The number of amides is 2. The van der Waals surface area contributed by atoms with Gasteiger partial charge in [-0.3, -0.25) is 14.5 Å². The normalized spacial score (nSPS) is 10.9. The third kappa shape index (κ3) is 10.6. The van der Waals surface area contributed by atoms with Crippen LogP contribution in [0.15, 0.2) is 54.6 Å². The number of fused-ring (bicyclic) bond motifs is 1. The fraction of sp³-hybridized carbons (Fsp3) is 0.462. The van der Waals surface area contributed by atoms with Gasteiger partial charge in [-0.25, -0.2) is 0 Å². The molecule has 2 amide bonds. The zero-order chi connectivity index (χ0) is 22.8. The van der Waals surface area contributed by atoms with E-state index in [1.165, 1.54) is 10.5 Å². The smallest absolute Gasteiger partial charge is 0.261 e. The number of carbonyl (C=O) groups is 2. The minimum absolute atomic E-state index is 0.178. The zero-order valence-corrected chi connectivity index (χ0v) is 20.0. The van der Waals surface area contributed by atoms with E-state index in [4.69, 9.17) is 0 Å². The van der Waals surface area contributed by atoms with Gasteiger partial charge in [-0.2, -0.15) is 0 Å². The van der Waals surface area contributed by atoms with Gasteiger partial charge < -0.3 is 0 Å². The lowest BCUT2D eigenvalue weighted by Gasteiger charge is -2.08. The number of nitrogens with zero attached hydrogens (tertiary/aromatic N) is 1. The maximum Gasteiger partial charge on any atom is 0.261 e. The highest BCUT2D eigenvalue weighted by atomic mass is 16.2. The van der Waals surface area contributed by atoms with Gasteiger partial charge in [0.1, 0.15) is 0 Å². The van der Waals surface area contributed by atoms with Gasteiger partial charge >= 0.3 is 0 Å². The average molecular weight is 400 g/mol. The fourth-order valence-electron chi connectivity index (χ4n) is 2.24. The first-order valence-electron chi connectivity index (χ1n) is 10.9. The van der Waals surface area contributed by atoms with Gasteiger partial charge in [-0.1, -0.05) is 97.9 Å². The van der Waals surface area contributed by atoms with Crippen molar-refractivity contribution in [2.24, 2.45) is 5.92 Å². The molecule has 2 aromatic carbocycles. The number of benzene rings is 2. The molecular formula is C26H41NO2. The fourth-order valence-corrected chi connectivity index (χ4v) is 2.24. The van der Waals surface area contributed by atoms with Crippen LogP contribution in [0.2, 0.25) is 0 Å². The topological polar surface area (TPSA) is 37.4 Å². The van der Waals surface area contributed by atoms with Crippen molar-refractivity contribution in [3.05, 3.63) is 71.3 Å². The van der Waals surface area contributed by atoms with E-state index >= 15 is 0 Å². The van der Waals surface area contributed by atoms with Crippen LogP contribution in [0.5, 0.6) is 0 Å². The maximum absolute atomic E-state index is 11.5. The highest BCUT2D eigenvalue weighted by Crippen LogP contribution is 2.21.